The van der Waals surface area contributed by atoms with Crippen molar-refractivity contribution in [1.82, 2.24) is 0 Å². The molecule has 0 spiro atoms. The lowest BCUT2D eigenvalue weighted by Gasteiger charge is -2.09. The van der Waals surface area contributed by atoms with E-state index in [-0.39, 0.29) is 5.56 Å². The van der Waals surface area contributed by atoms with E-state index in [4.69, 9.17) is 0 Å². The van der Waals surface area contributed by atoms with E-state index in [1.807, 2.05) is 32.0 Å². The first kappa shape index (κ1) is 15.1. The normalized spacial score (nSPS) is 10.2. The molecule has 0 aliphatic carbocycles. The number of carboxylic acid groups (broad SMARTS) is 1. The number of aromatic carboxylic acids is 1. The molecule has 0 saturated carbocycles. The number of hydrogen-bond donors (Lipinski definition) is 3. The highest BCUT2D eigenvalue weighted by molar-refractivity contribution is 7.16. The van der Waals surface area contributed by atoms with Crippen LogP contribution in [0.4, 0.5) is 15.5 Å². The number of hydrogen-bond acceptors (Lipinski definition) is 3. The maximum atomic E-state index is 12.0. The molecule has 0 saturated heterocycles. The van der Waals surface area contributed by atoms with Crippen molar-refractivity contribution < 1.29 is 14.7 Å². The second-order valence-electron chi connectivity index (χ2n) is 4.69. The molecule has 0 aliphatic heterocycles. The zero-order valence-corrected chi connectivity index (χ0v) is 12.8. The molecule has 2 amide bonds. The summed E-state index contributed by atoms with van der Waals surface area (Å²) in [7, 11) is 0. The molecule has 5 nitrogen and oxygen atoms in total. The van der Waals surface area contributed by atoms with Gasteiger partial charge in [0.2, 0.25) is 0 Å². The lowest BCUT2D eigenvalue weighted by molar-refractivity contribution is 0.0697. The Bertz CT molecular complexity index is 707. The van der Waals surface area contributed by atoms with Crippen LogP contribution in [0.5, 0.6) is 0 Å². The highest BCUT2D eigenvalue weighted by atomic mass is 32.1. The average Bonchev–Trinajstić information content (AvgIpc) is 2.67. The first-order valence-electron chi connectivity index (χ1n) is 6.37. The Labute approximate surface area is 126 Å². The van der Waals surface area contributed by atoms with Gasteiger partial charge in [-0.05, 0) is 38.0 Å². The second-order valence-corrected chi connectivity index (χ2v) is 5.91. The van der Waals surface area contributed by atoms with Crippen molar-refractivity contribution in [3.05, 3.63) is 45.8 Å². The molecular weight excluding hydrogens is 288 g/mol. The van der Waals surface area contributed by atoms with Crippen molar-refractivity contribution in [2.45, 2.75) is 20.8 Å². The van der Waals surface area contributed by atoms with E-state index in [9.17, 15) is 14.7 Å². The first-order chi connectivity index (χ1) is 9.90. The SMILES string of the molecule is Cc1ccccc1NC(=O)Nc1sc(C)c(C)c1C(=O)O. The maximum Gasteiger partial charge on any atom is 0.338 e. The Morgan fingerprint density at radius 3 is 2.38 bits per heavy atom. The minimum Gasteiger partial charge on any atom is -0.478 e. The fourth-order valence-corrected chi connectivity index (χ4v) is 2.99. The van der Waals surface area contributed by atoms with Crippen LogP contribution in [0.1, 0.15) is 26.4 Å². The van der Waals surface area contributed by atoms with E-state index < -0.39 is 12.0 Å². The molecule has 0 unspecified atom stereocenters. The van der Waals surface area contributed by atoms with Crippen LogP contribution in [0.25, 0.3) is 0 Å². The van der Waals surface area contributed by atoms with Crippen LogP contribution in [-0.2, 0) is 0 Å². The Balaban J connectivity index is 2.19. The minimum atomic E-state index is -1.04. The van der Waals surface area contributed by atoms with E-state index in [2.05, 4.69) is 10.6 Å². The van der Waals surface area contributed by atoms with Crippen molar-refractivity contribution >= 4 is 34.0 Å². The number of thiophene rings is 1. The summed E-state index contributed by atoms with van der Waals surface area (Å²) in [6.07, 6.45) is 0. The second kappa shape index (κ2) is 5.97. The highest BCUT2D eigenvalue weighted by Crippen LogP contribution is 2.32. The Hall–Kier alpha value is -2.34. The largest absolute Gasteiger partial charge is 0.478 e. The van der Waals surface area contributed by atoms with Gasteiger partial charge >= 0.3 is 12.0 Å². The number of carbonyl (C=O) groups is 2. The van der Waals surface area contributed by atoms with Crippen molar-refractivity contribution in [2.75, 3.05) is 10.6 Å². The van der Waals surface area contributed by atoms with Gasteiger partial charge in [-0.25, -0.2) is 9.59 Å². The number of aryl methyl sites for hydroxylation is 2. The van der Waals surface area contributed by atoms with Gasteiger partial charge in [-0.15, -0.1) is 11.3 Å². The molecule has 1 aromatic carbocycles. The topological polar surface area (TPSA) is 78.4 Å². The van der Waals surface area contributed by atoms with Crippen LogP contribution >= 0.6 is 11.3 Å². The molecule has 2 rings (SSSR count). The molecule has 0 fully saturated rings. The van der Waals surface area contributed by atoms with Crippen molar-refractivity contribution in [1.29, 1.82) is 0 Å². The molecule has 3 N–H and O–H groups in total. The predicted octanol–water partition coefficient (Wildman–Crippen LogP) is 4.02. The minimum absolute atomic E-state index is 0.150. The molecule has 21 heavy (non-hydrogen) atoms. The average molecular weight is 304 g/mol. The predicted molar refractivity (Wildman–Crippen MR) is 84.6 cm³/mol. The van der Waals surface area contributed by atoms with Gasteiger partial charge in [0.25, 0.3) is 0 Å². The number of para-hydroxylation sites is 1. The van der Waals surface area contributed by atoms with Crippen LogP contribution in [-0.4, -0.2) is 17.1 Å². The van der Waals surface area contributed by atoms with Crippen LogP contribution in [0.15, 0.2) is 24.3 Å². The van der Waals surface area contributed by atoms with Gasteiger partial charge in [0, 0.05) is 10.6 Å². The Kier molecular flexibility index (Phi) is 4.28. The van der Waals surface area contributed by atoms with Crippen LogP contribution in [0, 0.1) is 20.8 Å². The summed E-state index contributed by atoms with van der Waals surface area (Å²) in [6.45, 7) is 5.45. The highest BCUT2D eigenvalue weighted by Gasteiger charge is 2.20. The third-order valence-corrected chi connectivity index (χ3v) is 4.34. The van der Waals surface area contributed by atoms with Crippen LogP contribution in [0.2, 0.25) is 0 Å². The van der Waals surface area contributed by atoms with Crippen molar-refractivity contribution in [3.63, 3.8) is 0 Å². The number of rotatable bonds is 3. The number of nitrogens with one attached hydrogen (secondary N) is 2. The molecule has 6 heteroatoms. The molecule has 1 aromatic heterocycles. The van der Waals surface area contributed by atoms with Gasteiger partial charge in [-0.1, -0.05) is 18.2 Å². The summed E-state index contributed by atoms with van der Waals surface area (Å²) in [5, 5.41) is 14.9. The molecule has 0 bridgehead atoms. The van der Waals surface area contributed by atoms with Gasteiger partial charge in [0.05, 0.1) is 5.56 Å². The summed E-state index contributed by atoms with van der Waals surface area (Å²) in [6, 6.07) is 6.93. The number of carboxylic acids is 1. The van der Waals surface area contributed by atoms with E-state index in [1.165, 1.54) is 11.3 Å². The Morgan fingerprint density at radius 1 is 1.10 bits per heavy atom. The fourth-order valence-electron chi connectivity index (χ4n) is 1.94. The van der Waals surface area contributed by atoms with E-state index in [0.29, 0.717) is 16.3 Å². The van der Waals surface area contributed by atoms with Gasteiger partial charge < -0.3 is 10.4 Å². The summed E-state index contributed by atoms with van der Waals surface area (Å²) >= 11 is 1.26. The van der Waals surface area contributed by atoms with Gasteiger partial charge in [-0.2, -0.15) is 0 Å². The molecule has 2 aromatic rings. The third kappa shape index (κ3) is 3.22. The summed E-state index contributed by atoms with van der Waals surface area (Å²) in [4.78, 5) is 24.2. The number of carbonyl (C=O) groups excluding carboxylic acids is 1. The Morgan fingerprint density at radius 2 is 1.76 bits per heavy atom. The van der Waals surface area contributed by atoms with E-state index in [0.717, 1.165) is 10.4 Å². The molecule has 0 aliphatic rings. The van der Waals surface area contributed by atoms with Crippen LogP contribution < -0.4 is 10.6 Å². The molecule has 110 valence electrons. The summed E-state index contributed by atoms with van der Waals surface area (Å²) in [5.41, 5.74) is 2.46. The maximum absolute atomic E-state index is 12.0. The molecule has 0 atom stereocenters. The van der Waals surface area contributed by atoms with E-state index in [1.54, 1.807) is 13.0 Å². The standard InChI is InChI=1S/C15H16N2O3S/c1-8-6-4-5-7-11(8)16-15(20)17-13-12(14(18)19)9(2)10(3)21-13/h4-7H,1-3H3,(H,18,19)(H2,16,17,20). The number of benzene rings is 1. The lowest BCUT2D eigenvalue weighted by atomic mass is 10.1. The van der Waals surface area contributed by atoms with Gasteiger partial charge in [0.15, 0.2) is 0 Å². The van der Waals surface area contributed by atoms with E-state index >= 15 is 0 Å². The summed E-state index contributed by atoms with van der Waals surface area (Å²) in [5.74, 6) is -1.04. The zero-order valence-electron chi connectivity index (χ0n) is 12.0. The monoisotopic (exact) mass is 304 g/mol. The lowest BCUT2D eigenvalue weighted by Crippen LogP contribution is -2.20. The molecule has 1 heterocycles. The van der Waals surface area contributed by atoms with Crippen molar-refractivity contribution in [2.24, 2.45) is 0 Å². The van der Waals surface area contributed by atoms with Gasteiger partial charge in [-0.3, -0.25) is 5.32 Å². The number of anilines is 2. The van der Waals surface area contributed by atoms with Gasteiger partial charge in [0.1, 0.15) is 5.00 Å². The molecule has 0 radical (unpaired) electrons. The smallest absolute Gasteiger partial charge is 0.338 e. The van der Waals surface area contributed by atoms with Crippen molar-refractivity contribution in [3.8, 4) is 0 Å². The molecular formula is C15H16N2O3S. The van der Waals surface area contributed by atoms with Crippen LogP contribution in [0.3, 0.4) is 0 Å². The number of amides is 2. The summed E-state index contributed by atoms with van der Waals surface area (Å²) < 4.78 is 0. The number of urea groups is 1. The zero-order chi connectivity index (χ0) is 15.6. The first-order valence-corrected chi connectivity index (χ1v) is 7.18. The fraction of sp³-hybridized carbons (Fsp3) is 0.200. The third-order valence-electron chi connectivity index (χ3n) is 3.22. The quantitative estimate of drug-likeness (QED) is 0.801.